The van der Waals surface area contributed by atoms with E-state index >= 15 is 0 Å². The van der Waals surface area contributed by atoms with Crippen molar-refractivity contribution in [3.63, 3.8) is 0 Å². The lowest BCUT2D eigenvalue weighted by molar-refractivity contribution is -0.00316. The van der Waals surface area contributed by atoms with Gasteiger partial charge in [-0.3, -0.25) is 0 Å². The van der Waals surface area contributed by atoms with Gasteiger partial charge < -0.3 is 10.1 Å². The van der Waals surface area contributed by atoms with Crippen LogP contribution in [0.2, 0.25) is 0 Å². The molecule has 4 heteroatoms. The highest BCUT2D eigenvalue weighted by Crippen LogP contribution is 2.24. The molecule has 1 N–H and O–H groups in total. The maximum Gasteiger partial charge on any atom is 0.131 e. The van der Waals surface area contributed by atoms with Gasteiger partial charge in [-0.15, -0.1) is 0 Å². The van der Waals surface area contributed by atoms with Crippen LogP contribution >= 0.6 is 0 Å². The van der Waals surface area contributed by atoms with Gasteiger partial charge in [-0.1, -0.05) is 19.9 Å². The van der Waals surface area contributed by atoms with Gasteiger partial charge in [0.15, 0.2) is 0 Å². The summed E-state index contributed by atoms with van der Waals surface area (Å²) in [5, 5.41) is 3.36. The Balaban J connectivity index is 1.97. The van der Waals surface area contributed by atoms with Gasteiger partial charge in [0.1, 0.15) is 11.6 Å². The van der Waals surface area contributed by atoms with Crippen molar-refractivity contribution in [2.45, 2.75) is 32.4 Å². The van der Waals surface area contributed by atoms with Crippen molar-refractivity contribution in [1.82, 2.24) is 5.32 Å². The van der Waals surface area contributed by atoms with E-state index in [9.17, 15) is 8.78 Å². The SMILES string of the molecule is CC(C)CC1COC(c2ccc(F)cc2F)CN1. The van der Waals surface area contributed by atoms with E-state index in [1.165, 1.54) is 12.1 Å². The van der Waals surface area contributed by atoms with Crippen molar-refractivity contribution in [1.29, 1.82) is 0 Å². The maximum absolute atomic E-state index is 13.6. The van der Waals surface area contributed by atoms with Crippen LogP contribution in [-0.2, 0) is 4.74 Å². The molecule has 1 aromatic carbocycles. The van der Waals surface area contributed by atoms with E-state index in [0.717, 1.165) is 12.5 Å². The van der Waals surface area contributed by atoms with Gasteiger partial charge in [0.25, 0.3) is 0 Å². The van der Waals surface area contributed by atoms with Crippen LogP contribution in [0.5, 0.6) is 0 Å². The first kappa shape index (κ1) is 13.4. The molecule has 0 saturated carbocycles. The number of hydrogen-bond acceptors (Lipinski definition) is 2. The smallest absolute Gasteiger partial charge is 0.131 e. The molecule has 0 aliphatic carbocycles. The van der Waals surface area contributed by atoms with Crippen molar-refractivity contribution in [3.05, 3.63) is 35.4 Å². The highest BCUT2D eigenvalue weighted by Gasteiger charge is 2.24. The Morgan fingerprint density at radius 1 is 1.39 bits per heavy atom. The van der Waals surface area contributed by atoms with Gasteiger partial charge in [0.05, 0.1) is 12.7 Å². The molecule has 100 valence electrons. The van der Waals surface area contributed by atoms with Crippen LogP contribution in [0.25, 0.3) is 0 Å². The van der Waals surface area contributed by atoms with Gasteiger partial charge in [0, 0.05) is 24.2 Å². The van der Waals surface area contributed by atoms with Gasteiger partial charge in [0.2, 0.25) is 0 Å². The third-order valence-electron chi connectivity index (χ3n) is 3.16. The second-order valence-corrected chi connectivity index (χ2v) is 5.22. The van der Waals surface area contributed by atoms with Crippen LogP contribution in [0, 0.1) is 17.6 Å². The van der Waals surface area contributed by atoms with Crippen molar-refractivity contribution in [2.24, 2.45) is 5.92 Å². The zero-order valence-electron chi connectivity index (χ0n) is 10.7. The van der Waals surface area contributed by atoms with Gasteiger partial charge in [-0.25, -0.2) is 8.78 Å². The molecule has 1 fully saturated rings. The summed E-state index contributed by atoms with van der Waals surface area (Å²) in [6, 6.07) is 3.95. The molecule has 2 atom stereocenters. The Bertz CT molecular complexity index is 401. The molecule has 0 spiro atoms. The molecule has 1 saturated heterocycles. The number of ether oxygens (including phenoxy) is 1. The molecule has 1 aliphatic heterocycles. The van der Waals surface area contributed by atoms with Crippen LogP contribution in [0.15, 0.2) is 18.2 Å². The number of hydrogen-bond donors (Lipinski definition) is 1. The van der Waals surface area contributed by atoms with Gasteiger partial charge in [-0.05, 0) is 18.4 Å². The van der Waals surface area contributed by atoms with E-state index in [2.05, 4.69) is 19.2 Å². The highest BCUT2D eigenvalue weighted by atomic mass is 19.1. The minimum absolute atomic E-state index is 0.324. The van der Waals surface area contributed by atoms with Gasteiger partial charge in [-0.2, -0.15) is 0 Å². The minimum Gasteiger partial charge on any atom is -0.370 e. The van der Waals surface area contributed by atoms with Crippen LogP contribution in [0.3, 0.4) is 0 Å². The third-order valence-corrected chi connectivity index (χ3v) is 3.16. The normalized spacial score (nSPS) is 24.5. The van der Waals surface area contributed by atoms with Crippen molar-refractivity contribution >= 4 is 0 Å². The summed E-state index contributed by atoms with van der Waals surface area (Å²) >= 11 is 0. The molecule has 1 aliphatic rings. The van der Waals surface area contributed by atoms with E-state index in [0.29, 0.717) is 30.7 Å². The van der Waals surface area contributed by atoms with E-state index in [1.54, 1.807) is 0 Å². The van der Waals surface area contributed by atoms with E-state index in [4.69, 9.17) is 4.74 Å². The Morgan fingerprint density at radius 2 is 2.17 bits per heavy atom. The zero-order valence-corrected chi connectivity index (χ0v) is 10.7. The van der Waals surface area contributed by atoms with Crippen LogP contribution in [0.4, 0.5) is 8.78 Å². The summed E-state index contributed by atoms with van der Waals surface area (Å²) < 4.78 is 32.1. The van der Waals surface area contributed by atoms with E-state index < -0.39 is 11.6 Å². The summed E-state index contributed by atoms with van der Waals surface area (Å²) in [5.41, 5.74) is 0.423. The zero-order chi connectivity index (χ0) is 13.1. The van der Waals surface area contributed by atoms with Crippen molar-refractivity contribution in [3.8, 4) is 0 Å². The van der Waals surface area contributed by atoms with Crippen molar-refractivity contribution in [2.75, 3.05) is 13.2 Å². The summed E-state index contributed by atoms with van der Waals surface area (Å²) in [4.78, 5) is 0. The van der Waals surface area contributed by atoms with Gasteiger partial charge >= 0.3 is 0 Å². The average molecular weight is 255 g/mol. The molecule has 18 heavy (non-hydrogen) atoms. The first-order valence-electron chi connectivity index (χ1n) is 6.36. The predicted molar refractivity (Wildman–Crippen MR) is 66.3 cm³/mol. The highest BCUT2D eigenvalue weighted by molar-refractivity contribution is 5.21. The van der Waals surface area contributed by atoms with Crippen molar-refractivity contribution < 1.29 is 13.5 Å². The summed E-state index contributed by atoms with van der Waals surface area (Å²) in [6.45, 7) is 5.46. The van der Waals surface area contributed by atoms with Crippen LogP contribution < -0.4 is 5.32 Å². The molecule has 1 heterocycles. The summed E-state index contributed by atoms with van der Waals surface area (Å²) in [5.74, 6) is -0.494. The number of halogens is 2. The monoisotopic (exact) mass is 255 g/mol. The van der Waals surface area contributed by atoms with E-state index in [-0.39, 0.29) is 6.10 Å². The first-order chi connectivity index (χ1) is 8.56. The standard InChI is InChI=1S/C14H19F2NO/c1-9(2)5-11-8-18-14(7-17-11)12-4-3-10(15)6-13(12)16/h3-4,6,9,11,14,17H,5,7-8H2,1-2H3. The fourth-order valence-corrected chi connectivity index (χ4v) is 2.31. The number of nitrogens with one attached hydrogen (secondary N) is 1. The minimum atomic E-state index is -0.558. The Morgan fingerprint density at radius 3 is 2.72 bits per heavy atom. The topological polar surface area (TPSA) is 21.3 Å². The predicted octanol–water partition coefficient (Wildman–Crippen LogP) is 3.04. The maximum atomic E-state index is 13.6. The molecule has 1 aromatic rings. The lowest BCUT2D eigenvalue weighted by atomic mass is 10.0. The number of morpholine rings is 1. The Kier molecular flexibility index (Phi) is 4.30. The Hall–Kier alpha value is -1.00. The number of rotatable bonds is 3. The molecule has 2 rings (SSSR count). The van der Waals surface area contributed by atoms with Crippen LogP contribution in [0.1, 0.15) is 31.9 Å². The largest absolute Gasteiger partial charge is 0.370 e. The summed E-state index contributed by atoms with van der Waals surface area (Å²) in [6.07, 6.45) is 0.715. The molecular weight excluding hydrogens is 236 g/mol. The third kappa shape index (κ3) is 3.27. The fourth-order valence-electron chi connectivity index (χ4n) is 2.31. The average Bonchev–Trinajstić information content (AvgIpc) is 2.30. The lowest BCUT2D eigenvalue weighted by Gasteiger charge is -2.31. The molecule has 2 unspecified atom stereocenters. The molecule has 0 amide bonds. The van der Waals surface area contributed by atoms with Crippen LogP contribution in [-0.4, -0.2) is 19.2 Å². The summed E-state index contributed by atoms with van der Waals surface area (Å²) in [7, 11) is 0. The lowest BCUT2D eigenvalue weighted by Crippen LogP contribution is -2.43. The first-order valence-corrected chi connectivity index (χ1v) is 6.36. The molecular formula is C14H19F2NO. The quantitative estimate of drug-likeness (QED) is 0.896. The molecule has 2 nitrogen and oxygen atoms in total. The van der Waals surface area contributed by atoms with E-state index in [1.807, 2.05) is 0 Å². The molecule has 0 bridgehead atoms. The molecule has 0 radical (unpaired) electrons. The second kappa shape index (κ2) is 5.76. The number of benzene rings is 1. The molecule has 0 aromatic heterocycles. The second-order valence-electron chi connectivity index (χ2n) is 5.22. The Labute approximate surface area is 106 Å². The fraction of sp³-hybridized carbons (Fsp3) is 0.571.